The largest absolute Gasteiger partial charge is 0.481 e. The number of carboxylic acids is 1. The Kier molecular flexibility index (Phi) is 5.46. The Morgan fingerprint density at radius 2 is 2.29 bits per heavy atom. The fourth-order valence-electron chi connectivity index (χ4n) is 2.72. The van der Waals surface area contributed by atoms with E-state index in [-0.39, 0.29) is 5.75 Å². The molecule has 8 heteroatoms. The number of carbonyl (C=O) groups is 1. The molecular formula is C13H23N5O2S. The summed E-state index contributed by atoms with van der Waals surface area (Å²) < 4.78 is 1.98. The molecule has 1 N–H and O–H groups in total. The van der Waals surface area contributed by atoms with Crippen molar-refractivity contribution in [2.45, 2.75) is 25.0 Å². The molecule has 2 rings (SSSR count). The van der Waals surface area contributed by atoms with Crippen LogP contribution in [0.25, 0.3) is 0 Å². The molecule has 0 amide bonds. The number of nitrogens with zero attached hydrogens (tertiary/aromatic N) is 5. The molecule has 2 heterocycles. The first-order valence-corrected chi connectivity index (χ1v) is 8.17. The SMILES string of the molecule is CCn1c(SCC(=O)O)nnc1N(C)CC1CCN(C)C1. The third-order valence-electron chi connectivity index (χ3n) is 3.70. The van der Waals surface area contributed by atoms with Crippen molar-refractivity contribution < 1.29 is 9.90 Å². The molecule has 1 saturated heterocycles. The van der Waals surface area contributed by atoms with Crippen LogP contribution in [0.15, 0.2) is 5.16 Å². The lowest BCUT2D eigenvalue weighted by atomic mass is 10.1. The van der Waals surface area contributed by atoms with Gasteiger partial charge in [0.1, 0.15) is 0 Å². The molecule has 0 aromatic carbocycles. The average molecular weight is 313 g/mol. The number of hydrogen-bond acceptors (Lipinski definition) is 6. The van der Waals surface area contributed by atoms with Crippen LogP contribution in [-0.4, -0.2) is 70.2 Å². The maximum atomic E-state index is 10.7. The molecule has 1 aromatic rings. The van der Waals surface area contributed by atoms with Crippen molar-refractivity contribution in [3.05, 3.63) is 0 Å². The van der Waals surface area contributed by atoms with E-state index in [2.05, 4.69) is 27.0 Å². The van der Waals surface area contributed by atoms with Crippen molar-refractivity contribution in [3.63, 3.8) is 0 Å². The van der Waals surface area contributed by atoms with Crippen LogP contribution in [0.5, 0.6) is 0 Å². The van der Waals surface area contributed by atoms with E-state index in [1.54, 1.807) is 0 Å². The van der Waals surface area contributed by atoms with Gasteiger partial charge < -0.3 is 14.9 Å². The highest BCUT2D eigenvalue weighted by Crippen LogP contribution is 2.23. The van der Waals surface area contributed by atoms with Gasteiger partial charge in [-0.1, -0.05) is 11.8 Å². The van der Waals surface area contributed by atoms with Gasteiger partial charge in [-0.15, -0.1) is 10.2 Å². The van der Waals surface area contributed by atoms with Crippen LogP contribution in [0.4, 0.5) is 5.95 Å². The standard InChI is InChI=1S/C13H23N5O2S/c1-4-18-12(14-15-13(18)21-9-11(19)20)17(3)8-10-5-6-16(2)7-10/h10H,4-9H2,1-3H3,(H,19,20). The Morgan fingerprint density at radius 1 is 1.52 bits per heavy atom. The van der Waals surface area contributed by atoms with E-state index in [0.29, 0.717) is 11.1 Å². The van der Waals surface area contributed by atoms with E-state index in [1.807, 2.05) is 18.5 Å². The van der Waals surface area contributed by atoms with Gasteiger partial charge in [0, 0.05) is 26.7 Å². The first-order valence-electron chi connectivity index (χ1n) is 7.18. The molecule has 1 atom stereocenters. The fraction of sp³-hybridized carbons (Fsp3) is 0.769. The summed E-state index contributed by atoms with van der Waals surface area (Å²) in [5.41, 5.74) is 0. The predicted octanol–water partition coefficient (Wildman–Crippen LogP) is 0.863. The lowest BCUT2D eigenvalue weighted by Crippen LogP contribution is -2.29. The quantitative estimate of drug-likeness (QED) is 0.748. The van der Waals surface area contributed by atoms with Gasteiger partial charge in [0.2, 0.25) is 5.95 Å². The van der Waals surface area contributed by atoms with Crippen molar-refractivity contribution in [1.82, 2.24) is 19.7 Å². The highest BCUT2D eigenvalue weighted by Gasteiger charge is 2.23. The Bertz CT molecular complexity index is 493. The second-order valence-electron chi connectivity index (χ2n) is 5.51. The molecule has 1 aliphatic heterocycles. The zero-order valence-corrected chi connectivity index (χ0v) is 13.6. The van der Waals surface area contributed by atoms with Gasteiger partial charge in [0.05, 0.1) is 5.75 Å². The summed E-state index contributed by atoms with van der Waals surface area (Å²) in [5, 5.41) is 17.8. The summed E-state index contributed by atoms with van der Waals surface area (Å²) in [4.78, 5) is 15.2. The monoisotopic (exact) mass is 313 g/mol. The number of carboxylic acid groups (broad SMARTS) is 1. The predicted molar refractivity (Wildman–Crippen MR) is 82.9 cm³/mol. The van der Waals surface area contributed by atoms with E-state index >= 15 is 0 Å². The van der Waals surface area contributed by atoms with Crippen molar-refractivity contribution in [1.29, 1.82) is 0 Å². The normalized spacial score (nSPS) is 19.1. The van der Waals surface area contributed by atoms with Gasteiger partial charge in [-0.25, -0.2) is 0 Å². The molecular weight excluding hydrogens is 290 g/mol. The zero-order valence-electron chi connectivity index (χ0n) is 12.8. The summed E-state index contributed by atoms with van der Waals surface area (Å²) >= 11 is 1.22. The lowest BCUT2D eigenvalue weighted by molar-refractivity contribution is -0.133. The minimum Gasteiger partial charge on any atom is -0.481 e. The number of likely N-dealkylation sites (tertiary alicyclic amines) is 1. The topological polar surface area (TPSA) is 74.5 Å². The van der Waals surface area contributed by atoms with Crippen LogP contribution in [0.1, 0.15) is 13.3 Å². The molecule has 7 nitrogen and oxygen atoms in total. The molecule has 1 aromatic heterocycles. The third-order valence-corrected chi connectivity index (χ3v) is 4.65. The van der Waals surface area contributed by atoms with Gasteiger partial charge in [-0.2, -0.15) is 0 Å². The molecule has 0 radical (unpaired) electrons. The van der Waals surface area contributed by atoms with Gasteiger partial charge in [-0.05, 0) is 32.9 Å². The van der Waals surface area contributed by atoms with Gasteiger partial charge in [0.25, 0.3) is 0 Å². The Labute approximate surface area is 129 Å². The van der Waals surface area contributed by atoms with E-state index in [0.717, 1.165) is 32.1 Å². The van der Waals surface area contributed by atoms with Crippen molar-refractivity contribution in [3.8, 4) is 0 Å². The molecule has 0 saturated carbocycles. The minimum absolute atomic E-state index is 0.00919. The fourth-order valence-corrected chi connectivity index (χ4v) is 3.44. The second-order valence-corrected chi connectivity index (χ2v) is 6.45. The van der Waals surface area contributed by atoms with Crippen LogP contribution in [0, 0.1) is 5.92 Å². The number of hydrogen-bond donors (Lipinski definition) is 1. The first kappa shape index (κ1) is 16.1. The van der Waals surface area contributed by atoms with Crippen LogP contribution in [0.2, 0.25) is 0 Å². The van der Waals surface area contributed by atoms with Crippen molar-refractivity contribution >= 4 is 23.7 Å². The number of anilines is 1. The van der Waals surface area contributed by atoms with Crippen LogP contribution in [-0.2, 0) is 11.3 Å². The van der Waals surface area contributed by atoms with Crippen molar-refractivity contribution in [2.24, 2.45) is 5.92 Å². The number of aromatic nitrogens is 3. The first-order chi connectivity index (χ1) is 10.0. The Morgan fingerprint density at radius 3 is 2.86 bits per heavy atom. The summed E-state index contributed by atoms with van der Waals surface area (Å²) in [6.07, 6.45) is 1.21. The highest BCUT2D eigenvalue weighted by molar-refractivity contribution is 7.99. The van der Waals surface area contributed by atoms with Crippen LogP contribution < -0.4 is 4.90 Å². The zero-order chi connectivity index (χ0) is 15.4. The van der Waals surface area contributed by atoms with Gasteiger partial charge in [0.15, 0.2) is 5.16 Å². The second kappa shape index (κ2) is 7.13. The van der Waals surface area contributed by atoms with Crippen LogP contribution in [0.3, 0.4) is 0 Å². The molecule has 1 aliphatic rings. The average Bonchev–Trinajstić information content (AvgIpc) is 3.02. The summed E-state index contributed by atoms with van der Waals surface area (Å²) in [5.74, 6) is 0.640. The summed E-state index contributed by atoms with van der Waals surface area (Å²) in [6, 6.07) is 0. The Hall–Kier alpha value is -1.28. The maximum absolute atomic E-state index is 10.7. The lowest BCUT2D eigenvalue weighted by Gasteiger charge is -2.22. The van der Waals surface area contributed by atoms with Crippen LogP contribution >= 0.6 is 11.8 Å². The summed E-state index contributed by atoms with van der Waals surface area (Å²) in [6.45, 7) is 5.98. The molecule has 0 bridgehead atoms. The number of rotatable bonds is 7. The van der Waals surface area contributed by atoms with Gasteiger partial charge >= 0.3 is 5.97 Å². The van der Waals surface area contributed by atoms with E-state index in [1.165, 1.54) is 18.2 Å². The van der Waals surface area contributed by atoms with Gasteiger partial charge in [-0.3, -0.25) is 9.36 Å². The van der Waals surface area contributed by atoms with E-state index < -0.39 is 5.97 Å². The van der Waals surface area contributed by atoms with Crippen molar-refractivity contribution in [2.75, 3.05) is 44.4 Å². The van der Waals surface area contributed by atoms with E-state index in [4.69, 9.17) is 5.11 Å². The number of thioether (sulfide) groups is 1. The molecule has 0 spiro atoms. The Balaban J connectivity index is 2.02. The molecule has 1 fully saturated rings. The molecule has 1 unspecified atom stereocenters. The maximum Gasteiger partial charge on any atom is 0.313 e. The number of aliphatic carboxylic acids is 1. The summed E-state index contributed by atoms with van der Waals surface area (Å²) in [7, 11) is 4.18. The smallest absolute Gasteiger partial charge is 0.313 e. The molecule has 118 valence electrons. The minimum atomic E-state index is -0.838. The third kappa shape index (κ3) is 4.10. The molecule has 0 aliphatic carbocycles. The highest BCUT2D eigenvalue weighted by atomic mass is 32.2. The van der Waals surface area contributed by atoms with E-state index in [9.17, 15) is 4.79 Å². The molecule has 21 heavy (non-hydrogen) atoms.